The van der Waals surface area contributed by atoms with Crippen LogP contribution >= 0.6 is 31.9 Å². The van der Waals surface area contributed by atoms with E-state index >= 15 is 0 Å². The summed E-state index contributed by atoms with van der Waals surface area (Å²) in [5.41, 5.74) is 0. The molecule has 0 N–H and O–H groups in total. The Hall–Kier alpha value is -0.100. The summed E-state index contributed by atoms with van der Waals surface area (Å²) >= 11 is 6.67. The second-order valence-corrected chi connectivity index (χ2v) is 5.80. The number of alkyl halides is 2. The molecule has 0 aromatic rings. The highest BCUT2D eigenvalue weighted by atomic mass is 79.9. The van der Waals surface area contributed by atoms with Gasteiger partial charge in [0, 0.05) is 26.2 Å². The van der Waals surface area contributed by atoms with Gasteiger partial charge in [0.15, 0.2) is 0 Å². The molecule has 6 heteroatoms. The lowest BCUT2D eigenvalue weighted by Crippen LogP contribution is -2.46. The molecular weight excluding hydrogens is 364 g/mol. The Morgan fingerprint density at radius 2 is 1.00 bits per heavy atom. The largest absolute Gasteiger partial charge is 0.342 e. The van der Waals surface area contributed by atoms with Crippen molar-refractivity contribution in [1.29, 1.82) is 0 Å². The Bertz CT molecular complexity index is 251. The maximum absolute atomic E-state index is 12.1. The SMILES string of the molecule is CCN(CC)C(=O)C(Br)C(Br)C(=O)N(CC)CC. The minimum atomic E-state index is -0.523. The normalized spacial score (nSPS) is 13.9. The van der Waals surface area contributed by atoms with Crippen molar-refractivity contribution in [2.24, 2.45) is 0 Å². The molecule has 0 spiro atoms. The zero-order chi connectivity index (χ0) is 14.3. The molecule has 18 heavy (non-hydrogen) atoms. The monoisotopic (exact) mass is 384 g/mol. The summed E-state index contributed by atoms with van der Waals surface area (Å²) in [6.07, 6.45) is 0. The van der Waals surface area contributed by atoms with Crippen LogP contribution in [-0.4, -0.2) is 57.4 Å². The Morgan fingerprint density at radius 3 is 1.17 bits per heavy atom. The molecule has 0 saturated heterocycles. The van der Waals surface area contributed by atoms with Crippen LogP contribution in [0.15, 0.2) is 0 Å². The van der Waals surface area contributed by atoms with E-state index < -0.39 is 9.65 Å². The number of rotatable bonds is 7. The van der Waals surface area contributed by atoms with Gasteiger partial charge in [0.25, 0.3) is 0 Å². The first-order valence-corrected chi connectivity index (χ1v) is 8.13. The van der Waals surface area contributed by atoms with E-state index in [1.807, 2.05) is 27.7 Å². The Balaban J connectivity index is 4.72. The Kier molecular flexibility index (Phi) is 8.86. The fraction of sp³-hybridized carbons (Fsp3) is 0.833. The summed E-state index contributed by atoms with van der Waals surface area (Å²) in [4.78, 5) is 26.6. The van der Waals surface area contributed by atoms with Gasteiger partial charge in [0.2, 0.25) is 11.8 Å². The van der Waals surface area contributed by atoms with E-state index in [0.29, 0.717) is 26.2 Å². The molecule has 0 radical (unpaired) electrons. The summed E-state index contributed by atoms with van der Waals surface area (Å²) in [7, 11) is 0. The molecule has 0 heterocycles. The van der Waals surface area contributed by atoms with Crippen molar-refractivity contribution >= 4 is 43.7 Å². The number of carbonyl (C=O) groups is 2. The molecule has 0 aromatic heterocycles. The number of hydrogen-bond donors (Lipinski definition) is 0. The molecule has 2 amide bonds. The van der Waals surface area contributed by atoms with Crippen molar-refractivity contribution in [3.05, 3.63) is 0 Å². The van der Waals surface area contributed by atoms with Crippen LogP contribution in [0.25, 0.3) is 0 Å². The molecule has 0 aliphatic heterocycles. The highest BCUT2D eigenvalue weighted by Gasteiger charge is 2.33. The molecule has 0 bridgehead atoms. The molecule has 0 aromatic carbocycles. The molecular formula is C12H22Br2N2O2. The van der Waals surface area contributed by atoms with Crippen LogP contribution in [-0.2, 0) is 9.59 Å². The van der Waals surface area contributed by atoms with E-state index in [9.17, 15) is 9.59 Å². The lowest BCUT2D eigenvalue weighted by Gasteiger charge is -2.27. The van der Waals surface area contributed by atoms with E-state index in [4.69, 9.17) is 0 Å². The van der Waals surface area contributed by atoms with Crippen molar-refractivity contribution in [2.45, 2.75) is 37.3 Å². The van der Waals surface area contributed by atoms with Gasteiger partial charge in [0.05, 0.1) is 0 Å². The summed E-state index contributed by atoms with van der Waals surface area (Å²) in [5.74, 6) is -0.107. The van der Waals surface area contributed by atoms with Gasteiger partial charge in [-0.25, -0.2) is 0 Å². The average molecular weight is 386 g/mol. The number of hydrogen-bond acceptors (Lipinski definition) is 2. The van der Waals surface area contributed by atoms with Crippen LogP contribution in [0.2, 0.25) is 0 Å². The Labute approximate surface area is 126 Å². The maximum Gasteiger partial charge on any atom is 0.238 e. The van der Waals surface area contributed by atoms with E-state index in [0.717, 1.165) is 0 Å². The van der Waals surface area contributed by atoms with Gasteiger partial charge in [-0.2, -0.15) is 0 Å². The molecule has 0 aliphatic rings. The first-order chi connectivity index (χ1) is 8.44. The first kappa shape index (κ1) is 17.9. The van der Waals surface area contributed by atoms with Gasteiger partial charge < -0.3 is 9.80 Å². The van der Waals surface area contributed by atoms with E-state index in [1.54, 1.807) is 9.80 Å². The van der Waals surface area contributed by atoms with Crippen LogP contribution < -0.4 is 0 Å². The van der Waals surface area contributed by atoms with E-state index in [1.165, 1.54) is 0 Å². The quantitative estimate of drug-likeness (QED) is 0.630. The molecule has 0 saturated carbocycles. The molecule has 0 aliphatic carbocycles. The van der Waals surface area contributed by atoms with Crippen LogP contribution in [0.5, 0.6) is 0 Å². The van der Waals surface area contributed by atoms with Crippen molar-refractivity contribution in [3.63, 3.8) is 0 Å². The smallest absolute Gasteiger partial charge is 0.238 e. The third-order valence-corrected chi connectivity index (χ3v) is 5.43. The molecule has 106 valence electrons. The first-order valence-electron chi connectivity index (χ1n) is 6.30. The van der Waals surface area contributed by atoms with E-state index in [2.05, 4.69) is 31.9 Å². The van der Waals surface area contributed by atoms with Gasteiger partial charge in [-0.15, -0.1) is 0 Å². The maximum atomic E-state index is 12.1. The number of nitrogens with zero attached hydrogens (tertiary/aromatic N) is 2. The van der Waals surface area contributed by atoms with Gasteiger partial charge >= 0.3 is 0 Å². The minimum absolute atomic E-state index is 0.0534. The van der Waals surface area contributed by atoms with Gasteiger partial charge in [-0.1, -0.05) is 31.9 Å². The second kappa shape index (κ2) is 8.91. The van der Waals surface area contributed by atoms with Crippen molar-refractivity contribution in [1.82, 2.24) is 9.80 Å². The summed E-state index contributed by atoms with van der Waals surface area (Å²) in [6.45, 7) is 10.3. The minimum Gasteiger partial charge on any atom is -0.342 e. The van der Waals surface area contributed by atoms with Crippen LogP contribution in [0.1, 0.15) is 27.7 Å². The summed E-state index contributed by atoms with van der Waals surface area (Å²) in [6, 6.07) is 0. The van der Waals surface area contributed by atoms with Crippen LogP contribution in [0.4, 0.5) is 0 Å². The fourth-order valence-electron chi connectivity index (χ4n) is 1.67. The standard InChI is InChI=1S/C12H22Br2N2O2/c1-5-15(6-2)11(17)9(13)10(14)12(18)16(7-3)8-4/h9-10H,5-8H2,1-4H3. The molecule has 2 atom stereocenters. The number of carbonyl (C=O) groups excluding carboxylic acids is 2. The third-order valence-electron chi connectivity index (χ3n) is 2.88. The van der Waals surface area contributed by atoms with Gasteiger partial charge in [-0.3, -0.25) is 9.59 Å². The lowest BCUT2D eigenvalue weighted by molar-refractivity contribution is -0.135. The summed E-state index contributed by atoms with van der Waals surface area (Å²) in [5, 5.41) is 0. The average Bonchev–Trinajstić information content (AvgIpc) is 2.39. The molecule has 2 unspecified atom stereocenters. The van der Waals surface area contributed by atoms with E-state index in [-0.39, 0.29) is 11.8 Å². The van der Waals surface area contributed by atoms with Gasteiger partial charge in [-0.05, 0) is 27.7 Å². The Morgan fingerprint density at radius 1 is 0.778 bits per heavy atom. The lowest BCUT2D eigenvalue weighted by atomic mass is 10.2. The predicted octanol–water partition coefficient (Wildman–Crippen LogP) is 2.25. The zero-order valence-electron chi connectivity index (χ0n) is 11.4. The highest BCUT2D eigenvalue weighted by molar-refractivity contribution is 9.12. The summed E-state index contributed by atoms with van der Waals surface area (Å²) < 4.78 is 0. The molecule has 4 nitrogen and oxygen atoms in total. The zero-order valence-corrected chi connectivity index (χ0v) is 14.6. The topological polar surface area (TPSA) is 40.6 Å². The van der Waals surface area contributed by atoms with Gasteiger partial charge in [0.1, 0.15) is 9.65 Å². The predicted molar refractivity (Wildman–Crippen MR) is 81.3 cm³/mol. The van der Waals surface area contributed by atoms with Crippen molar-refractivity contribution in [2.75, 3.05) is 26.2 Å². The third kappa shape index (κ3) is 4.53. The second-order valence-electron chi connectivity index (χ2n) is 3.82. The number of halogens is 2. The molecule has 0 fully saturated rings. The molecule has 0 rings (SSSR count). The number of amides is 2. The van der Waals surface area contributed by atoms with Crippen LogP contribution in [0, 0.1) is 0 Å². The highest BCUT2D eigenvalue weighted by Crippen LogP contribution is 2.19. The van der Waals surface area contributed by atoms with Crippen molar-refractivity contribution < 1.29 is 9.59 Å². The van der Waals surface area contributed by atoms with Crippen molar-refractivity contribution in [3.8, 4) is 0 Å². The fourth-order valence-corrected chi connectivity index (χ4v) is 2.70. The van der Waals surface area contributed by atoms with Crippen LogP contribution in [0.3, 0.4) is 0 Å².